The number of carbonyl (C=O) groups excluding carboxylic acids is 2. The summed E-state index contributed by atoms with van der Waals surface area (Å²) in [6, 6.07) is 26.3. The molecule has 4 rings (SSSR count). The highest BCUT2D eigenvalue weighted by Gasteiger charge is 2.31. The molecule has 0 aromatic heterocycles. The number of rotatable bonds is 5. The molecular formula is C25H22N2O3. The van der Waals surface area contributed by atoms with Crippen LogP contribution in [0.3, 0.4) is 0 Å². The summed E-state index contributed by atoms with van der Waals surface area (Å²) >= 11 is 0. The Morgan fingerprint density at radius 2 is 1.60 bits per heavy atom. The van der Waals surface area contributed by atoms with Crippen LogP contribution in [0.2, 0.25) is 0 Å². The fourth-order valence-corrected chi connectivity index (χ4v) is 3.38. The molecule has 0 aliphatic carbocycles. The van der Waals surface area contributed by atoms with E-state index in [4.69, 9.17) is 4.74 Å². The Morgan fingerprint density at radius 3 is 2.33 bits per heavy atom. The molecule has 0 saturated heterocycles. The topological polar surface area (TPSA) is 58.6 Å². The zero-order valence-electron chi connectivity index (χ0n) is 16.6. The van der Waals surface area contributed by atoms with Gasteiger partial charge in [0.1, 0.15) is 6.54 Å². The van der Waals surface area contributed by atoms with Crippen LogP contribution in [0.15, 0.2) is 90.7 Å². The summed E-state index contributed by atoms with van der Waals surface area (Å²) in [5, 5.41) is 2.97. The van der Waals surface area contributed by atoms with E-state index in [0.29, 0.717) is 11.4 Å². The summed E-state index contributed by atoms with van der Waals surface area (Å²) in [6.07, 6.45) is 1.69. The molecule has 1 aliphatic heterocycles. The predicted octanol–water partition coefficient (Wildman–Crippen LogP) is 4.33. The zero-order chi connectivity index (χ0) is 20.9. The molecule has 1 atom stereocenters. The lowest BCUT2D eigenvalue weighted by Gasteiger charge is -2.30. The highest BCUT2D eigenvalue weighted by Crippen LogP contribution is 2.35. The molecule has 0 bridgehead atoms. The van der Waals surface area contributed by atoms with Crippen molar-refractivity contribution in [1.82, 2.24) is 5.32 Å². The van der Waals surface area contributed by atoms with Crippen molar-refractivity contribution in [3.63, 3.8) is 0 Å². The van der Waals surface area contributed by atoms with Crippen LogP contribution in [0.4, 0.5) is 5.69 Å². The molecule has 1 aliphatic rings. The van der Waals surface area contributed by atoms with Gasteiger partial charge >= 0.3 is 0 Å². The van der Waals surface area contributed by atoms with Crippen LogP contribution in [-0.2, 0) is 9.59 Å². The number of hydrogen-bond acceptors (Lipinski definition) is 3. The lowest BCUT2D eigenvalue weighted by Crippen LogP contribution is -2.44. The van der Waals surface area contributed by atoms with Crippen molar-refractivity contribution in [2.45, 2.75) is 13.0 Å². The number of benzene rings is 3. The van der Waals surface area contributed by atoms with Gasteiger partial charge in [-0.2, -0.15) is 0 Å². The maximum atomic E-state index is 13.1. The van der Waals surface area contributed by atoms with E-state index in [1.54, 1.807) is 18.2 Å². The monoisotopic (exact) mass is 398 g/mol. The van der Waals surface area contributed by atoms with Gasteiger partial charge in [-0.05, 0) is 36.3 Å². The predicted molar refractivity (Wildman–Crippen MR) is 117 cm³/mol. The fraction of sp³-hybridized carbons (Fsp3) is 0.120. The van der Waals surface area contributed by atoms with Crippen LogP contribution >= 0.6 is 0 Å². The largest absolute Gasteiger partial charge is 0.449 e. The van der Waals surface area contributed by atoms with Gasteiger partial charge in [-0.15, -0.1) is 0 Å². The number of fused-ring (bicyclic) bond motifs is 1. The molecule has 5 nitrogen and oxygen atoms in total. The molecule has 5 heteroatoms. The fourth-order valence-electron chi connectivity index (χ4n) is 3.38. The van der Waals surface area contributed by atoms with E-state index in [1.807, 2.05) is 79.7 Å². The first-order valence-electron chi connectivity index (χ1n) is 9.81. The van der Waals surface area contributed by atoms with E-state index >= 15 is 0 Å². The number of nitrogens with one attached hydrogen (secondary N) is 1. The average Bonchev–Trinajstić information content (AvgIpc) is 2.78. The number of anilines is 1. The third-order valence-electron chi connectivity index (χ3n) is 4.91. The smallest absolute Gasteiger partial charge is 0.294 e. The lowest BCUT2D eigenvalue weighted by molar-refractivity contribution is -0.123. The van der Waals surface area contributed by atoms with Crippen molar-refractivity contribution in [2.75, 3.05) is 11.4 Å². The summed E-state index contributed by atoms with van der Waals surface area (Å²) < 4.78 is 5.85. The van der Waals surface area contributed by atoms with Crippen LogP contribution in [0.25, 0.3) is 6.08 Å². The minimum Gasteiger partial charge on any atom is -0.449 e. The van der Waals surface area contributed by atoms with Crippen molar-refractivity contribution in [2.24, 2.45) is 0 Å². The first-order chi connectivity index (χ1) is 14.6. The summed E-state index contributed by atoms with van der Waals surface area (Å²) in [7, 11) is 0. The van der Waals surface area contributed by atoms with E-state index in [2.05, 4.69) is 5.32 Å². The molecule has 0 fully saturated rings. The average molecular weight is 398 g/mol. The molecule has 150 valence electrons. The van der Waals surface area contributed by atoms with E-state index in [-0.39, 0.29) is 30.2 Å². The number of carbonyl (C=O) groups is 2. The molecule has 2 amide bonds. The van der Waals surface area contributed by atoms with Gasteiger partial charge in [0.05, 0.1) is 11.7 Å². The molecular weight excluding hydrogens is 376 g/mol. The number of nitrogens with zero attached hydrogens (tertiary/aromatic N) is 1. The minimum absolute atomic E-state index is 0.0947. The Labute approximate surface area is 175 Å². The molecule has 0 saturated carbocycles. The highest BCUT2D eigenvalue weighted by atomic mass is 16.5. The van der Waals surface area contributed by atoms with Crippen molar-refractivity contribution < 1.29 is 14.3 Å². The molecule has 1 unspecified atom stereocenters. The minimum atomic E-state index is -0.347. The van der Waals surface area contributed by atoms with Crippen LogP contribution in [0, 0.1) is 0 Å². The van der Waals surface area contributed by atoms with E-state index in [9.17, 15) is 9.59 Å². The molecule has 0 spiro atoms. The van der Waals surface area contributed by atoms with Crippen molar-refractivity contribution >= 4 is 23.6 Å². The normalized spacial score (nSPS) is 15.3. The third-order valence-corrected chi connectivity index (χ3v) is 4.91. The number of ether oxygens (including phenoxy) is 1. The first kappa shape index (κ1) is 19.5. The number of amides is 2. The molecule has 1 N–H and O–H groups in total. The summed E-state index contributed by atoms with van der Waals surface area (Å²) in [4.78, 5) is 27.3. The molecule has 3 aromatic carbocycles. The quantitative estimate of drug-likeness (QED) is 0.651. The van der Waals surface area contributed by atoms with Crippen LogP contribution in [-0.4, -0.2) is 18.4 Å². The molecule has 0 radical (unpaired) electrons. The van der Waals surface area contributed by atoms with Gasteiger partial charge in [0.25, 0.3) is 5.91 Å². The van der Waals surface area contributed by atoms with Gasteiger partial charge in [0.2, 0.25) is 5.91 Å². The summed E-state index contributed by atoms with van der Waals surface area (Å²) in [5.74, 6) is 0.141. The van der Waals surface area contributed by atoms with Gasteiger partial charge in [-0.25, -0.2) is 0 Å². The lowest BCUT2D eigenvalue weighted by atomic mass is 10.1. The maximum absolute atomic E-state index is 13.1. The number of para-hydroxylation sites is 2. The highest BCUT2D eigenvalue weighted by molar-refractivity contribution is 6.12. The maximum Gasteiger partial charge on any atom is 0.294 e. The van der Waals surface area contributed by atoms with Gasteiger partial charge < -0.3 is 10.1 Å². The Kier molecular flexibility index (Phi) is 5.61. The van der Waals surface area contributed by atoms with Crippen LogP contribution < -0.4 is 15.0 Å². The van der Waals surface area contributed by atoms with E-state index in [0.717, 1.165) is 11.1 Å². The second-order valence-corrected chi connectivity index (χ2v) is 7.08. The Morgan fingerprint density at radius 1 is 0.967 bits per heavy atom. The van der Waals surface area contributed by atoms with Gasteiger partial charge in [0, 0.05) is 0 Å². The zero-order valence-corrected chi connectivity index (χ0v) is 16.6. The van der Waals surface area contributed by atoms with Crippen LogP contribution in [0.5, 0.6) is 5.75 Å². The Hall–Kier alpha value is -3.86. The molecule has 1 heterocycles. The van der Waals surface area contributed by atoms with Crippen molar-refractivity contribution in [3.05, 3.63) is 102 Å². The summed E-state index contributed by atoms with van der Waals surface area (Å²) in [5.41, 5.74) is 2.43. The second kappa shape index (κ2) is 8.66. The van der Waals surface area contributed by atoms with Crippen LogP contribution in [0.1, 0.15) is 24.1 Å². The van der Waals surface area contributed by atoms with Gasteiger partial charge in [-0.1, -0.05) is 72.8 Å². The first-order valence-corrected chi connectivity index (χ1v) is 9.81. The molecule has 30 heavy (non-hydrogen) atoms. The Bertz CT molecular complexity index is 1080. The van der Waals surface area contributed by atoms with Gasteiger partial charge in [-0.3, -0.25) is 14.5 Å². The van der Waals surface area contributed by atoms with Crippen molar-refractivity contribution in [1.29, 1.82) is 0 Å². The van der Waals surface area contributed by atoms with Crippen molar-refractivity contribution in [3.8, 4) is 5.75 Å². The van der Waals surface area contributed by atoms with E-state index in [1.165, 1.54) is 4.90 Å². The SMILES string of the molecule is CC(NC(=O)CN1C(=O)C(=Cc2ccccc2)Oc2ccccc21)c1ccccc1. The molecule has 3 aromatic rings. The standard InChI is InChI=1S/C25H22N2O3/c1-18(20-12-6-3-7-13-20)26-24(28)17-27-21-14-8-9-15-22(21)30-23(25(27)29)16-19-10-4-2-5-11-19/h2-16,18H,17H2,1H3,(H,26,28). The Balaban J connectivity index is 1.57. The van der Waals surface area contributed by atoms with E-state index < -0.39 is 0 Å². The summed E-state index contributed by atoms with van der Waals surface area (Å²) in [6.45, 7) is 1.82. The second-order valence-electron chi connectivity index (χ2n) is 7.08. The third kappa shape index (κ3) is 4.25. The number of hydrogen-bond donors (Lipinski definition) is 1. The van der Waals surface area contributed by atoms with Gasteiger partial charge in [0.15, 0.2) is 11.5 Å².